The Labute approximate surface area is 187 Å². The fourth-order valence-corrected chi connectivity index (χ4v) is 3.87. The molecule has 174 valence electrons. The van der Waals surface area contributed by atoms with Gasteiger partial charge in [-0.3, -0.25) is 9.59 Å². The molecule has 1 saturated heterocycles. The van der Waals surface area contributed by atoms with Crippen molar-refractivity contribution in [3.05, 3.63) is 46.3 Å². The highest BCUT2D eigenvalue weighted by atomic mass is 16.6. The summed E-state index contributed by atoms with van der Waals surface area (Å²) in [5.74, 6) is -1.66. The van der Waals surface area contributed by atoms with Crippen molar-refractivity contribution in [3.63, 3.8) is 0 Å². The Bertz CT molecular complexity index is 839. The lowest BCUT2D eigenvalue weighted by atomic mass is 9.87. The minimum Gasteiger partial charge on any atom is -0.459 e. The van der Waals surface area contributed by atoms with Crippen LogP contribution in [0.2, 0.25) is 0 Å². The van der Waals surface area contributed by atoms with E-state index in [1.165, 1.54) is 0 Å². The van der Waals surface area contributed by atoms with E-state index in [9.17, 15) is 19.5 Å². The molecular formula is C23H31N3O6. The third-order valence-electron chi connectivity index (χ3n) is 5.63. The van der Waals surface area contributed by atoms with E-state index in [-0.39, 0.29) is 37.0 Å². The van der Waals surface area contributed by atoms with Crippen LogP contribution in [0.25, 0.3) is 10.4 Å². The van der Waals surface area contributed by atoms with Gasteiger partial charge in [-0.25, -0.2) is 4.79 Å². The van der Waals surface area contributed by atoms with Crippen molar-refractivity contribution in [2.24, 2.45) is 22.9 Å². The maximum atomic E-state index is 12.9. The highest BCUT2D eigenvalue weighted by Crippen LogP contribution is 2.27. The standard InChI is InChI=1S/C23H31N3O6/c1-14-10-19(31-21(28)11-14)22(29)20(32-23(30)17-7-5-4-6-8-17)12-18(27)16(3)9-15(2)13-25-26-24/h4-8,14-16,19-20,22,29H,9-13H2,1-3H3/t14-,15+,16-,19+,20-,22+/m1/s1. The summed E-state index contributed by atoms with van der Waals surface area (Å²) in [6.07, 6.45) is -2.39. The third-order valence-corrected chi connectivity index (χ3v) is 5.63. The van der Waals surface area contributed by atoms with E-state index < -0.39 is 36.2 Å². The van der Waals surface area contributed by atoms with Crippen molar-refractivity contribution in [2.45, 2.75) is 64.8 Å². The minimum absolute atomic E-state index is 0.000224. The number of Topliss-reactive ketones (excluding diaryl/α,β-unsaturated/α-hetero) is 1. The van der Waals surface area contributed by atoms with Crippen LogP contribution in [0.5, 0.6) is 0 Å². The first-order valence-electron chi connectivity index (χ1n) is 10.9. The number of nitrogens with zero attached hydrogens (tertiary/aromatic N) is 3. The Kier molecular flexibility index (Phi) is 9.68. The summed E-state index contributed by atoms with van der Waals surface area (Å²) in [5.41, 5.74) is 8.75. The van der Waals surface area contributed by atoms with Crippen molar-refractivity contribution in [1.82, 2.24) is 0 Å². The van der Waals surface area contributed by atoms with Crippen molar-refractivity contribution < 1.29 is 29.0 Å². The molecule has 1 heterocycles. The van der Waals surface area contributed by atoms with Crippen LogP contribution in [0.4, 0.5) is 0 Å². The van der Waals surface area contributed by atoms with Gasteiger partial charge in [-0.05, 0) is 42.3 Å². The number of benzene rings is 1. The highest BCUT2D eigenvalue weighted by molar-refractivity contribution is 5.90. The van der Waals surface area contributed by atoms with E-state index in [4.69, 9.17) is 15.0 Å². The van der Waals surface area contributed by atoms with Crippen molar-refractivity contribution in [1.29, 1.82) is 0 Å². The molecule has 0 amide bonds. The molecule has 6 atom stereocenters. The Morgan fingerprint density at radius 2 is 2.00 bits per heavy atom. The molecule has 1 aliphatic heterocycles. The average molecular weight is 446 g/mol. The zero-order valence-corrected chi connectivity index (χ0v) is 18.7. The second-order valence-corrected chi connectivity index (χ2v) is 8.70. The fourth-order valence-electron chi connectivity index (χ4n) is 3.87. The van der Waals surface area contributed by atoms with Crippen LogP contribution in [-0.2, 0) is 19.1 Å². The first-order valence-corrected chi connectivity index (χ1v) is 10.9. The molecule has 32 heavy (non-hydrogen) atoms. The zero-order valence-electron chi connectivity index (χ0n) is 18.7. The number of hydrogen-bond acceptors (Lipinski definition) is 7. The predicted molar refractivity (Wildman–Crippen MR) is 117 cm³/mol. The maximum absolute atomic E-state index is 12.9. The third kappa shape index (κ3) is 7.66. The molecule has 2 rings (SSSR count). The first-order chi connectivity index (χ1) is 15.2. The molecule has 0 spiro atoms. The number of rotatable bonds is 11. The number of carbonyl (C=O) groups is 3. The van der Waals surface area contributed by atoms with Gasteiger partial charge in [0.15, 0.2) is 0 Å². The Morgan fingerprint density at radius 3 is 2.62 bits per heavy atom. The molecule has 1 aromatic rings. The molecule has 0 aromatic heterocycles. The number of cyclic esters (lactones) is 1. The number of ketones is 1. The van der Waals surface area contributed by atoms with Crippen LogP contribution in [0.3, 0.4) is 0 Å². The van der Waals surface area contributed by atoms with Crippen molar-refractivity contribution in [2.75, 3.05) is 6.54 Å². The summed E-state index contributed by atoms with van der Waals surface area (Å²) in [6.45, 7) is 5.78. The van der Waals surface area contributed by atoms with Gasteiger partial charge in [0.2, 0.25) is 0 Å². The summed E-state index contributed by atoms with van der Waals surface area (Å²) in [5, 5.41) is 14.5. The van der Waals surface area contributed by atoms with E-state index in [1.807, 2.05) is 13.8 Å². The summed E-state index contributed by atoms with van der Waals surface area (Å²) >= 11 is 0. The average Bonchev–Trinajstić information content (AvgIpc) is 2.76. The number of aliphatic hydroxyl groups is 1. The second-order valence-electron chi connectivity index (χ2n) is 8.70. The minimum atomic E-state index is -1.33. The van der Waals surface area contributed by atoms with Gasteiger partial charge in [-0.2, -0.15) is 0 Å². The van der Waals surface area contributed by atoms with E-state index in [0.29, 0.717) is 18.4 Å². The number of aliphatic hydroxyl groups excluding tert-OH is 1. The molecule has 1 N–H and O–H groups in total. The molecule has 1 aromatic carbocycles. The van der Waals surface area contributed by atoms with Crippen LogP contribution in [0.15, 0.2) is 35.4 Å². The van der Waals surface area contributed by atoms with Gasteiger partial charge in [0, 0.05) is 30.2 Å². The van der Waals surface area contributed by atoms with Gasteiger partial charge in [-0.15, -0.1) is 0 Å². The van der Waals surface area contributed by atoms with Crippen LogP contribution >= 0.6 is 0 Å². The summed E-state index contributed by atoms with van der Waals surface area (Å²) in [4.78, 5) is 40.1. The molecule has 0 bridgehead atoms. The van der Waals surface area contributed by atoms with Crippen LogP contribution in [-0.4, -0.2) is 47.7 Å². The van der Waals surface area contributed by atoms with Crippen LogP contribution < -0.4 is 0 Å². The van der Waals surface area contributed by atoms with Gasteiger partial charge in [0.25, 0.3) is 0 Å². The number of hydrogen-bond donors (Lipinski definition) is 1. The number of ether oxygens (including phenoxy) is 2. The molecule has 0 aliphatic carbocycles. The molecule has 1 fully saturated rings. The lowest BCUT2D eigenvalue weighted by molar-refractivity contribution is -0.170. The normalized spacial score (nSPS) is 21.9. The topological polar surface area (TPSA) is 139 Å². The van der Waals surface area contributed by atoms with E-state index in [2.05, 4.69) is 10.0 Å². The van der Waals surface area contributed by atoms with Gasteiger partial charge in [0.05, 0.1) is 5.56 Å². The smallest absolute Gasteiger partial charge is 0.338 e. The Balaban J connectivity index is 2.13. The largest absolute Gasteiger partial charge is 0.459 e. The predicted octanol–water partition coefficient (Wildman–Crippen LogP) is 3.85. The second kappa shape index (κ2) is 12.2. The van der Waals surface area contributed by atoms with Gasteiger partial charge < -0.3 is 14.6 Å². The number of azide groups is 1. The first kappa shape index (κ1) is 25.4. The Morgan fingerprint density at radius 1 is 1.31 bits per heavy atom. The SMILES string of the molecule is C[C@H](CN=[N+]=[N-])C[C@@H](C)C(=O)C[C@@H](OC(=O)c1ccccc1)[C@@H](O)[C@@H]1C[C@@H](C)CC(=O)O1. The van der Waals surface area contributed by atoms with E-state index in [1.54, 1.807) is 37.3 Å². The summed E-state index contributed by atoms with van der Waals surface area (Å²) < 4.78 is 10.8. The summed E-state index contributed by atoms with van der Waals surface area (Å²) in [6, 6.07) is 8.29. The zero-order chi connectivity index (χ0) is 23.7. The molecule has 1 aliphatic rings. The fraction of sp³-hybridized carbons (Fsp3) is 0.609. The lowest BCUT2D eigenvalue weighted by Crippen LogP contribution is -2.46. The number of esters is 2. The van der Waals surface area contributed by atoms with Gasteiger partial charge >= 0.3 is 11.9 Å². The summed E-state index contributed by atoms with van der Waals surface area (Å²) in [7, 11) is 0. The van der Waals surface area contributed by atoms with Gasteiger partial charge in [-0.1, -0.05) is 44.1 Å². The molecule has 0 radical (unpaired) electrons. The molecule has 0 unspecified atom stereocenters. The molecule has 9 heteroatoms. The van der Waals surface area contributed by atoms with Crippen molar-refractivity contribution in [3.8, 4) is 0 Å². The molecular weight excluding hydrogens is 414 g/mol. The van der Waals surface area contributed by atoms with Crippen LogP contribution in [0, 0.1) is 17.8 Å². The quantitative estimate of drug-likeness (QED) is 0.238. The highest BCUT2D eigenvalue weighted by Gasteiger charge is 2.39. The van der Waals surface area contributed by atoms with Crippen LogP contribution in [0.1, 0.15) is 56.8 Å². The lowest BCUT2D eigenvalue weighted by Gasteiger charge is -2.34. The van der Waals surface area contributed by atoms with Crippen molar-refractivity contribution >= 4 is 17.7 Å². The monoisotopic (exact) mass is 445 g/mol. The van der Waals surface area contributed by atoms with E-state index >= 15 is 0 Å². The molecule has 9 nitrogen and oxygen atoms in total. The van der Waals surface area contributed by atoms with Gasteiger partial charge in [0.1, 0.15) is 24.1 Å². The van der Waals surface area contributed by atoms with E-state index in [0.717, 1.165) is 0 Å². The Hall–Kier alpha value is -2.90. The number of carbonyl (C=O) groups excluding carboxylic acids is 3. The maximum Gasteiger partial charge on any atom is 0.338 e. The molecule has 0 saturated carbocycles.